The number of thiazole rings is 1. The highest BCUT2D eigenvalue weighted by Crippen LogP contribution is 2.39. The first-order valence-electron chi connectivity index (χ1n) is 16.3. The van der Waals surface area contributed by atoms with Gasteiger partial charge in [0.15, 0.2) is 0 Å². The second-order valence-corrected chi connectivity index (χ2v) is 14.1. The zero-order valence-electron chi connectivity index (χ0n) is 27.0. The molecule has 4 aromatic rings. The molecule has 10 nitrogen and oxygen atoms in total. The summed E-state index contributed by atoms with van der Waals surface area (Å²) in [6, 6.07) is 14.3. The third-order valence-electron chi connectivity index (χ3n) is 9.10. The lowest BCUT2D eigenvalue weighted by Crippen LogP contribution is -2.62. The molecule has 0 saturated carbocycles. The highest BCUT2D eigenvalue weighted by molar-refractivity contribution is 7.09. The molecule has 256 valence electrons. The number of amides is 1. The molecule has 13 heteroatoms. The van der Waals surface area contributed by atoms with Crippen molar-refractivity contribution >= 4 is 28.1 Å². The van der Waals surface area contributed by atoms with Crippen LogP contribution in [0.25, 0.3) is 10.9 Å². The van der Waals surface area contributed by atoms with Crippen molar-refractivity contribution in [3.05, 3.63) is 91.7 Å². The maximum atomic E-state index is 14.8. The van der Waals surface area contributed by atoms with Gasteiger partial charge in [-0.1, -0.05) is 44.2 Å². The number of halogens is 2. The standard InChI is InChI=1S/C35H41F2N5O5S/c1-22(2)32-39-27(19-48-32)33(46)42-20-34(47-35(36,37)21-42)11-14-41(15-12-34)18-24-5-3-4-23(16-24)10-13-38-17-29(44)25-6-8-28(43)31-26(25)7-9-30(45)40-31/h3-9,16,19,22,29,38,43-44H,10-15,17-18,20-21H2,1-2H3,(H,40,45). The van der Waals surface area contributed by atoms with Crippen molar-refractivity contribution in [3.8, 4) is 5.75 Å². The Labute approximate surface area is 281 Å². The van der Waals surface area contributed by atoms with Crippen molar-refractivity contribution in [2.24, 2.45) is 0 Å². The molecule has 2 saturated heterocycles. The van der Waals surface area contributed by atoms with Gasteiger partial charge in [0, 0.05) is 48.9 Å². The number of phenols is 1. The Hall–Kier alpha value is -3.75. The van der Waals surface area contributed by atoms with E-state index in [1.54, 1.807) is 17.5 Å². The van der Waals surface area contributed by atoms with Crippen LogP contribution >= 0.6 is 11.3 Å². The van der Waals surface area contributed by atoms with Gasteiger partial charge >= 0.3 is 6.11 Å². The van der Waals surface area contributed by atoms with Crippen LogP contribution in [0.5, 0.6) is 5.75 Å². The van der Waals surface area contributed by atoms with Crippen LogP contribution in [0.4, 0.5) is 8.78 Å². The van der Waals surface area contributed by atoms with Crippen molar-refractivity contribution in [1.82, 2.24) is 25.1 Å². The van der Waals surface area contributed by atoms with Gasteiger partial charge in [0.1, 0.15) is 18.0 Å². The number of alkyl halides is 2. The van der Waals surface area contributed by atoms with E-state index in [9.17, 15) is 28.6 Å². The third-order valence-corrected chi connectivity index (χ3v) is 10.2. The smallest absolute Gasteiger partial charge is 0.373 e. The molecule has 2 aromatic heterocycles. The highest BCUT2D eigenvalue weighted by Gasteiger charge is 2.52. The number of carbonyl (C=O) groups excluding carboxylic acids is 1. The van der Waals surface area contributed by atoms with Crippen LogP contribution in [0, 0.1) is 0 Å². The number of ether oxygens (including phenoxy) is 1. The Morgan fingerprint density at radius 1 is 1.12 bits per heavy atom. The first-order chi connectivity index (χ1) is 22.9. The topological polar surface area (TPSA) is 131 Å². The van der Waals surface area contributed by atoms with Gasteiger partial charge in [0.25, 0.3) is 5.91 Å². The normalized spacial score (nSPS) is 18.5. The van der Waals surface area contributed by atoms with Crippen molar-refractivity contribution < 1.29 is 28.5 Å². The van der Waals surface area contributed by atoms with Gasteiger partial charge in [-0.3, -0.25) is 14.5 Å². The molecule has 0 aliphatic carbocycles. The molecule has 0 radical (unpaired) electrons. The maximum absolute atomic E-state index is 14.8. The van der Waals surface area contributed by atoms with Gasteiger partial charge in [-0.15, -0.1) is 11.3 Å². The summed E-state index contributed by atoms with van der Waals surface area (Å²) in [6.45, 7) is 6.02. The minimum Gasteiger partial charge on any atom is -0.506 e. The Balaban J connectivity index is 0.999. The molecule has 48 heavy (non-hydrogen) atoms. The second-order valence-electron chi connectivity index (χ2n) is 13.2. The van der Waals surface area contributed by atoms with Crippen LogP contribution < -0.4 is 10.9 Å². The van der Waals surface area contributed by atoms with E-state index in [1.165, 1.54) is 28.4 Å². The van der Waals surface area contributed by atoms with Crippen molar-refractivity contribution in [1.29, 1.82) is 0 Å². The summed E-state index contributed by atoms with van der Waals surface area (Å²) >= 11 is 1.37. The van der Waals surface area contributed by atoms with Crippen LogP contribution in [0.2, 0.25) is 0 Å². The van der Waals surface area contributed by atoms with Gasteiger partial charge in [0.2, 0.25) is 5.56 Å². The van der Waals surface area contributed by atoms with E-state index in [1.807, 2.05) is 26.0 Å². The first kappa shape index (κ1) is 34.1. The molecule has 2 aliphatic heterocycles. The minimum atomic E-state index is -3.43. The number of benzene rings is 2. The van der Waals surface area contributed by atoms with Gasteiger partial charge in [-0.2, -0.15) is 8.78 Å². The molecule has 2 aromatic carbocycles. The predicted octanol–water partition coefficient (Wildman–Crippen LogP) is 4.78. The van der Waals surface area contributed by atoms with Crippen molar-refractivity contribution in [3.63, 3.8) is 0 Å². The van der Waals surface area contributed by atoms with Gasteiger partial charge in [-0.05, 0) is 54.6 Å². The molecule has 6 rings (SSSR count). The Kier molecular flexibility index (Phi) is 9.96. The number of aromatic hydroxyl groups is 1. The SMILES string of the molecule is CC(C)c1nc(C(=O)N2CC(F)(F)OC3(CCN(Cc4cccc(CCNCC(O)c5ccc(O)c6[nH]c(=O)ccc56)c4)CC3)C2)cs1. The summed E-state index contributed by atoms with van der Waals surface area (Å²) in [6.07, 6.45) is -2.75. The minimum absolute atomic E-state index is 0.0507. The number of nitrogens with one attached hydrogen (secondary N) is 2. The van der Waals surface area contributed by atoms with Crippen LogP contribution in [0.3, 0.4) is 0 Å². The summed E-state index contributed by atoms with van der Waals surface area (Å²) in [4.78, 5) is 35.3. The van der Waals surface area contributed by atoms with Gasteiger partial charge in [0.05, 0.1) is 28.8 Å². The number of morpholine rings is 1. The number of aromatic nitrogens is 2. The summed E-state index contributed by atoms with van der Waals surface area (Å²) in [5, 5.41) is 27.3. The molecule has 1 unspecified atom stereocenters. The fraction of sp³-hybridized carbons (Fsp3) is 0.457. The molecular formula is C35H41F2N5O5S. The number of carbonyl (C=O) groups is 1. The largest absolute Gasteiger partial charge is 0.506 e. The van der Waals surface area contributed by atoms with Gasteiger partial charge < -0.3 is 30.2 Å². The zero-order chi connectivity index (χ0) is 34.1. The van der Waals surface area contributed by atoms with Crippen LogP contribution in [0.1, 0.15) is 70.9 Å². The van der Waals surface area contributed by atoms with E-state index in [0.717, 1.165) is 22.6 Å². The lowest BCUT2D eigenvalue weighted by Gasteiger charge is -2.49. The highest BCUT2D eigenvalue weighted by atomic mass is 32.1. The number of pyridine rings is 1. The monoisotopic (exact) mass is 681 g/mol. The number of aliphatic hydroxyl groups excluding tert-OH is 1. The molecule has 1 atom stereocenters. The first-order valence-corrected chi connectivity index (χ1v) is 17.1. The number of phenolic OH excluding ortho intramolecular Hbond substituents is 1. The zero-order valence-corrected chi connectivity index (χ0v) is 27.9. The summed E-state index contributed by atoms with van der Waals surface area (Å²) in [5.41, 5.74) is 1.93. The molecule has 2 aliphatic rings. The van der Waals surface area contributed by atoms with E-state index in [0.29, 0.717) is 62.0 Å². The van der Waals surface area contributed by atoms with E-state index in [2.05, 4.69) is 32.3 Å². The number of H-pyrrole nitrogens is 1. The summed E-state index contributed by atoms with van der Waals surface area (Å²) in [7, 11) is 0. The Bertz CT molecular complexity index is 1820. The van der Waals surface area contributed by atoms with Crippen LogP contribution in [-0.2, 0) is 17.7 Å². The lowest BCUT2D eigenvalue weighted by molar-refractivity contribution is -0.332. The number of aliphatic hydroxyl groups is 1. The number of aromatic amines is 1. The second kappa shape index (κ2) is 14.0. The number of likely N-dealkylation sites (tertiary alicyclic amines) is 1. The Morgan fingerprint density at radius 3 is 2.65 bits per heavy atom. The number of hydrogen-bond acceptors (Lipinski definition) is 9. The van der Waals surface area contributed by atoms with E-state index < -0.39 is 30.3 Å². The third kappa shape index (κ3) is 7.76. The van der Waals surface area contributed by atoms with Crippen molar-refractivity contribution in [2.45, 2.75) is 63.4 Å². The lowest BCUT2D eigenvalue weighted by atomic mass is 9.88. The fourth-order valence-corrected chi connectivity index (χ4v) is 7.42. The molecule has 1 amide bonds. The number of hydrogen-bond donors (Lipinski definition) is 4. The van der Waals surface area contributed by atoms with Crippen molar-refractivity contribution in [2.75, 3.05) is 39.3 Å². The molecule has 1 spiro atoms. The van der Waals surface area contributed by atoms with E-state index in [-0.39, 0.29) is 29.5 Å². The van der Waals surface area contributed by atoms with Crippen LogP contribution in [-0.4, -0.2) is 86.9 Å². The molecular weight excluding hydrogens is 640 g/mol. The predicted molar refractivity (Wildman–Crippen MR) is 180 cm³/mol. The van der Waals surface area contributed by atoms with Crippen LogP contribution in [0.15, 0.2) is 58.7 Å². The average molecular weight is 682 g/mol. The molecule has 2 fully saturated rings. The fourth-order valence-electron chi connectivity index (χ4n) is 6.62. The van der Waals surface area contributed by atoms with E-state index >= 15 is 0 Å². The molecule has 0 bridgehead atoms. The summed E-state index contributed by atoms with van der Waals surface area (Å²) in [5.74, 6) is -0.371. The Morgan fingerprint density at radius 2 is 1.90 bits per heavy atom. The van der Waals surface area contributed by atoms with E-state index in [4.69, 9.17) is 4.74 Å². The molecule has 4 heterocycles. The maximum Gasteiger partial charge on any atom is 0.373 e. The number of nitrogens with zero attached hydrogens (tertiary/aromatic N) is 3. The number of rotatable bonds is 10. The summed E-state index contributed by atoms with van der Waals surface area (Å²) < 4.78 is 35.1. The van der Waals surface area contributed by atoms with Gasteiger partial charge in [-0.25, -0.2) is 4.98 Å². The molecule has 4 N–H and O–H groups in total. The number of fused-ring (bicyclic) bond motifs is 1. The quantitative estimate of drug-likeness (QED) is 0.176. The average Bonchev–Trinajstić information content (AvgIpc) is 3.55. The number of piperidine rings is 1.